The number of anilines is 1. The highest BCUT2D eigenvalue weighted by Gasteiger charge is 2.19. The number of ether oxygens (including phenoxy) is 1. The molecule has 0 spiro atoms. The minimum absolute atomic E-state index is 0.0661. The highest BCUT2D eigenvalue weighted by Crippen LogP contribution is 2.29. The van der Waals surface area contributed by atoms with Crippen LogP contribution in [0.5, 0.6) is 5.75 Å². The first-order valence-electron chi connectivity index (χ1n) is 11.4. The van der Waals surface area contributed by atoms with Gasteiger partial charge in [0.2, 0.25) is 5.91 Å². The van der Waals surface area contributed by atoms with Gasteiger partial charge in [-0.05, 0) is 42.7 Å². The second-order valence-electron chi connectivity index (χ2n) is 8.08. The van der Waals surface area contributed by atoms with Gasteiger partial charge in [-0.3, -0.25) is 9.36 Å². The van der Waals surface area contributed by atoms with E-state index in [0.717, 1.165) is 33.9 Å². The number of benzene rings is 3. The molecule has 35 heavy (non-hydrogen) atoms. The molecule has 0 bridgehead atoms. The maximum absolute atomic E-state index is 12.5. The van der Waals surface area contributed by atoms with E-state index in [9.17, 15) is 4.79 Å². The summed E-state index contributed by atoms with van der Waals surface area (Å²) < 4.78 is 7.56. The number of amides is 1. The van der Waals surface area contributed by atoms with Gasteiger partial charge in [0, 0.05) is 12.2 Å². The minimum Gasteiger partial charge on any atom is -0.495 e. The van der Waals surface area contributed by atoms with E-state index < -0.39 is 0 Å². The summed E-state index contributed by atoms with van der Waals surface area (Å²) in [4.78, 5) is 12.5. The van der Waals surface area contributed by atoms with Gasteiger partial charge in [0.05, 0.1) is 25.1 Å². The number of para-hydroxylation sites is 3. The van der Waals surface area contributed by atoms with Gasteiger partial charge in [-0.25, -0.2) is 0 Å². The van der Waals surface area contributed by atoms with E-state index >= 15 is 0 Å². The maximum Gasteiger partial charge on any atom is 0.230 e. The lowest BCUT2D eigenvalue weighted by molar-refractivity contribution is -0.118. The van der Waals surface area contributed by atoms with Crippen molar-refractivity contribution in [3.05, 3.63) is 95.3 Å². The Morgan fingerprint density at radius 2 is 1.63 bits per heavy atom. The van der Waals surface area contributed by atoms with Gasteiger partial charge in [-0.1, -0.05) is 72.4 Å². The maximum atomic E-state index is 12.5. The first-order chi connectivity index (χ1) is 17.1. The van der Waals surface area contributed by atoms with Crippen LogP contribution in [-0.4, -0.2) is 33.5 Å². The fourth-order valence-electron chi connectivity index (χ4n) is 3.80. The smallest absolute Gasteiger partial charge is 0.230 e. The van der Waals surface area contributed by atoms with Crippen LogP contribution in [0.4, 0.5) is 5.69 Å². The quantitative estimate of drug-likeness (QED) is 0.309. The van der Waals surface area contributed by atoms with Crippen molar-refractivity contribution in [2.45, 2.75) is 32.1 Å². The van der Waals surface area contributed by atoms with Gasteiger partial charge in [-0.15, -0.1) is 10.2 Å². The molecule has 1 heterocycles. The molecule has 0 saturated heterocycles. The zero-order valence-corrected chi connectivity index (χ0v) is 20.9. The molecule has 0 atom stereocenters. The van der Waals surface area contributed by atoms with Crippen LogP contribution in [0.25, 0.3) is 5.69 Å². The van der Waals surface area contributed by atoms with Crippen molar-refractivity contribution in [2.24, 2.45) is 0 Å². The number of hydrogen-bond acceptors (Lipinski definition) is 6. The highest BCUT2D eigenvalue weighted by molar-refractivity contribution is 7.99. The summed E-state index contributed by atoms with van der Waals surface area (Å²) in [5.74, 6) is 1.59. The van der Waals surface area contributed by atoms with Crippen LogP contribution in [-0.2, 0) is 17.9 Å². The molecule has 0 saturated carbocycles. The van der Waals surface area contributed by atoms with Crippen molar-refractivity contribution in [1.82, 2.24) is 20.1 Å². The van der Waals surface area contributed by atoms with Gasteiger partial charge in [0.15, 0.2) is 11.0 Å². The van der Waals surface area contributed by atoms with Crippen molar-refractivity contribution in [3.8, 4) is 11.4 Å². The molecular formula is C27H29N5O2S. The van der Waals surface area contributed by atoms with E-state index in [1.807, 2.05) is 65.2 Å². The first-order valence-corrected chi connectivity index (χ1v) is 12.4. The van der Waals surface area contributed by atoms with Gasteiger partial charge >= 0.3 is 0 Å². The largest absolute Gasteiger partial charge is 0.495 e. The third-order valence-corrected chi connectivity index (χ3v) is 6.52. The molecular weight excluding hydrogens is 458 g/mol. The van der Waals surface area contributed by atoms with Crippen LogP contribution in [0.2, 0.25) is 0 Å². The number of rotatable bonds is 10. The molecule has 8 heteroatoms. The summed E-state index contributed by atoms with van der Waals surface area (Å²) in [6.07, 6.45) is 0. The van der Waals surface area contributed by atoms with Crippen molar-refractivity contribution in [1.29, 1.82) is 0 Å². The molecule has 1 aromatic heterocycles. The molecule has 180 valence electrons. The lowest BCUT2D eigenvalue weighted by atomic mass is 10.1. The molecule has 0 aliphatic rings. The van der Waals surface area contributed by atoms with Crippen LogP contribution in [0, 0.1) is 13.8 Å². The fourth-order valence-corrected chi connectivity index (χ4v) is 4.60. The Morgan fingerprint density at radius 1 is 0.914 bits per heavy atom. The Morgan fingerprint density at radius 3 is 2.37 bits per heavy atom. The molecule has 2 N–H and O–H groups in total. The van der Waals surface area contributed by atoms with Gasteiger partial charge in [-0.2, -0.15) is 0 Å². The summed E-state index contributed by atoms with van der Waals surface area (Å²) in [5.41, 5.74) is 5.29. The van der Waals surface area contributed by atoms with Crippen molar-refractivity contribution in [3.63, 3.8) is 0 Å². The molecule has 7 nitrogen and oxygen atoms in total. The number of carbonyl (C=O) groups excluding carboxylic acids is 1. The molecule has 1 amide bonds. The topological polar surface area (TPSA) is 81.1 Å². The minimum atomic E-state index is -0.0661. The number of nitrogens with one attached hydrogen (secondary N) is 2. The van der Waals surface area contributed by atoms with Crippen molar-refractivity contribution in [2.75, 3.05) is 18.2 Å². The molecule has 0 radical (unpaired) electrons. The number of methoxy groups -OCH3 is 1. The molecule has 0 aliphatic heterocycles. The Labute approximate surface area is 209 Å². The zero-order valence-electron chi connectivity index (χ0n) is 20.1. The van der Waals surface area contributed by atoms with Crippen LogP contribution in [0.15, 0.2) is 78.0 Å². The predicted octanol–water partition coefficient (Wildman–Crippen LogP) is 4.91. The SMILES string of the molecule is COc1ccccc1-n1c(CNc2c(C)cccc2C)nnc1SCC(=O)NCc1ccccc1. The second kappa shape index (κ2) is 11.6. The van der Waals surface area contributed by atoms with Crippen molar-refractivity contribution < 1.29 is 9.53 Å². The standard InChI is InChI=1S/C27H29N5O2S/c1-19-10-9-11-20(2)26(19)29-17-24-30-31-27(32(24)22-14-7-8-15-23(22)34-3)35-18-25(33)28-16-21-12-5-4-6-13-21/h4-15,29H,16-18H2,1-3H3,(H,28,33). The average Bonchev–Trinajstić information content (AvgIpc) is 3.29. The number of hydrogen-bond donors (Lipinski definition) is 2. The monoisotopic (exact) mass is 487 g/mol. The van der Waals surface area contributed by atoms with Gasteiger partial charge < -0.3 is 15.4 Å². The number of thioether (sulfide) groups is 1. The summed E-state index contributed by atoms with van der Waals surface area (Å²) in [6.45, 7) is 5.12. The summed E-state index contributed by atoms with van der Waals surface area (Å²) in [7, 11) is 1.64. The lowest BCUT2D eigenvalue weighted by Gasteiger charge is -2.16. The Bertz CT molecular complexity index is 1270. The summed E-state index contributed by atoms with van der Waals surface area (Å²) in [5, 5.41) is 16.0. The lowest BCUT2D eigenvalue weighted by Crippen LogP contribution is -2.24. The van der Waals surface area contributed by atoms with Gasteiger partial charge in [0.1, 0.15) is 5.75 Å². The second-order valence-corrected chi connectivity index (χ2v) is 9.02. The zero-order chi connectivity index (χ0) is 24.6. The Hall–Kier alpha value is -3.78. The van der Waals surface area contributed by atoms with Crippen LogP contribution >= 0.6 is 11.8 Å². The molecule has 3 aromatic carbocycles. The molecule has 4 rings (SSSR count). The molecule has 0 aliphatic carbocycles. The fraction of sp³-hybridized carbons (Fsp3) is 0.222. The first kappa shape index (κ1) is 24.3. The van der Waals surface area contributed by atoms with E-state index in [4.69, 9.17) is 4.74 Å². The van der Waals surface area contributed by atoms with Crippen molar-refractivity contribution >= 4 is 23.4 Å². The van der Waals surface area contributed by atoms with E-state index in [0.29, 0.717) is 24.0 Å². The van der Waals surface area contributed by atoms with E-state index in [2.05, 4.69) is 46.8 Å². The van der Waals surface area contributed by atoms with E-state index in [1.54, 1.807) is 7.11 Å². The van der Waals surface area contributed by atoms with E-state index in [1.165, 1.54) is 11.8 Å². The Kier molecular flexibility index (Phi) is 8.05. The molecule has 4 aromatic rings. The third kappa shape index (κ3) is 6.02. The van der Waals surface area contributed by atoms with Crippen LogP contribution in [0.3, 0.4) is 0 Å². The predicted molar refractivity (Wildman–Crippen MR) is 140 cm³/mol. The number of nitrogens with zero attached hydrogens (tertiary/aromatic N) is 3. The third-order valence-electron chi connectivity index (χ3n) is 5.60. The summed E-state index contributed by atoms with van der Waals surface area (Å²) in [6, 6.07) is 23.8. The summed E-state index contributed by atoms with van der Waals surface area (Å²) >= 11 is 1.35. The number of carbonyl (C=O) groups is 1. The van der Waals surface area contributed by atoms with E-state index in [-0.39, 0.29) is 11.7 Å². The van der Waals surface area contributed by atoms with Crippen LogP contribution < -0.4 is 15.4 Å². The van der Waals surface area contributed by atoms with Gasteiger partial charge in [0.25, 0.3) is 0 Å². The van der Waals surface area contributed by atoms with Crippen LogP contribution in [0.1, 0.15) is 22.5 Å². The average molecular weight is 488 g/mol. The Balaban J connectivity index is 1.54. The number of aromatic nitrogens is 3. The molecule has 0 unspecified atom stereocenters. The molecule has 0 fully saturated rings. The number of aryl methyl sites for hydroxylation is 2. The normalized spacial score (nSPS) is 10.7. The highest BCUT2D eigenvalue weighted by atomic mass is 32.2.